The van der Waals surface area contributed by atoms with Crippen molar-refractivity contribution in [1.82, 2.24) is 25.8 Å². The van der Waals surface area contributed by atoms with Crippen LogP contribution in [0.5, 0.6) is 0 Å². The first-order chi connectivity index (χ1) is 16.7. The molecule has 0 bridgehead atoms. The van der Waals surface area contributed by atoms with Gasteiger partial charge in [0.2, 0.25) is 10.0 Å². The normalized spacial score (nSPS) is 22.1. The van der Waals surface area contributed by atoms with Crippen molar-refractivity contribution in [1.29, 1.82) is 0 Å². The number of fused-ring (bicyclic) bond motifs is 1. The number of nitrogens with zero attached hydrogens (tertiary/aromatic N) is 1. The van der Waals surface area contributed by atoms with E-state index in [1.165, 1.54) is 24.0 Å². The van der Waals surface area contributed by atoms with Gasteiger partial charge in [0.15, 0.2) is 0 Å². The standard InChI is InChI=1S/C24H26BrF2N5O2S/c1-24(20-5-3-2-4-19(20)15-6-7-15)13-22(32-23(31-24)21(25)14-29-32)28-8-9-30-35(33,34)18-11-16(26)10-17(27)12-18/h2-5,10-13,15,28-31H,6-9,14H2,1H3. The minimum absolute atomic E-state index is 0.0225. The molecule has 1 saturated carbocycles. The zero-order valence-electron chi connectivity index (χ0n) is 19.0. The highest BCUT2D eigenvalue weighted by Crippen LogP contribution is 2.45. The summed E-state index contributed by atoms with van der Waals surface area (Å²) in [7, 11) is -4.06. The fraction of sp³-hybridized carbons (Fsp3) is 0.333. The zero-order valence-corrected chi connectivity index (χ0v) is 21.4. The summed E-state index contributed by atoms with van der Waals surface area (Å²) in [6, 6.07) is 10.7. The summed E-state index contributed by atoms with van der Waals surface area (Å²) in [5.41, 5.74) is 5.34. The van der Waals surface area contributed by atoms with Gasteiger partial charge in [0.1, 0.15) is 23.3 Å². The fourth-order valence-corrected chi connectivity index (χ4v) is 6.00. The van der Waals surface area contributed by atoms with Crippen molar-refractivity contribution in [3.8, 4) is 0 Å². The lowest BCUT2D eigenvalue weighted by atomic mass is 9.85. The molecule has 4 N–H and O–H groups in total. The van der Waals surface area contributed by atoms with Crippen LogP contribution >= 0.6 is 15.9 Å². The van der Waals surface area contributed by atoms with Crippen molar-refractivity contribution >= 4 is 26.0 Å². The monoisotopic (exact) mass is 565 g/mol. The lowest BCUT2D eigenvalue weighted by Gasteiger charge is -2.41. The second-order valence-corrected chi connectivity index (χ2v) is 11.8. The summed E-state index contributed by atoms with van der Waals surface area (Å²) in [4.78, 5) is -0.448. The molecule has 11 heteroatoms. The Labute approximate surface area is 211 Å². The van der Waals surface area contributed by atoms with Gasteiger partial charge in [0.05, 0.1) is 21.5 Å². The average Bonchev–Trinajstić information content (AvgIpc) is 3.60. The van der Waals surface area contributed by atoms with E-state index in [0.29, 0.717) is 18.5 Å². The van der Waals surface area contributed by atoms with Crippen molar-refractivity contribution in [2.24, 2.45) is 0 Å². The number of halogens is 3. The molecule has 3 aliphatic rings. The molecule has 0 radical (unpaired) electrons. The van der Waals surface area contributed by atoms with Crippen LogP contribution in [0.2, 0.25) is 0 Å². The summed E-state index contributed by atoms with van der Waals surface area (Å²) >= 11 is 3.64. The van der Waals surface area contributed by atoms with Crippen LogP contribution in [0.4, 0.5) is 8.78 Å². The lowest BCUT2D eigenvalue weighted by Crippen LogP contribution is -2.52. The third kappa shape index (κ3) is 4.95. The molecule has 1 fully saturated rings. The van der Waals surface area contributed by atoms with Gasteiger partial charge in [-0.25, -0.2) is 32.4 Å². The lowest BCUT2D eigenvalue weighted by molar-refractivity contribution is 0.257. The van der Waals surface area contributed by atoms with Crippen LogP contribution in [-0.2, 0) is 15.6 Å². The first-order valence-electron chi connectivity index (χ1n) is 11.4. The Morgan fingerprint density at radius 1 is 1.14 bits per heavy atom. The summed E-state index contributed by atoms with van der Waals surface area (Å²) in [5, 5.41) is 8.85. The summed E-state index contributed by atoms with van der Waals surface area (Å²) < 4.78 is 55.3. The Kier molecular flexibility index (Phi) is 6.37. The molecule has 7 nitrogen and oxygen atoms in total. The second kappa shape index (κ2) is 9.20. The Morgan fingerprint density at radius 2 is 1.86 bits per heavy atom. The first kappa shape index (κ1) is 24.2. The highest BCUT2D eigenvalue weighted by molar-refractivity contribution is 9.11. The number of nitrogens with one attached hydrogen (secondary N) is 4. The topological polar surface area (TPSA) is 85.5 Å². The summed E-state index contributed by atoms with van der Waals surface area (Å²) in [6.45, 7) is 3.01. The summed E-state index contributed by atoms with van der Waals surface area (Å²) in [6.07, 6.45) is 4.47. The molecule has 2 aromatic rings. The maximum Gasteiger partial charge on any atom is 0.240 e. The van der Waals surface area contributed by atoms with Crippen molar-refractivity contribution in [2.45, 2.75) is 36.1 Å². The molecule has 1 aliphatic carbocycles. The Balaban J connectivity index is 1.34. The van der Waals surface area contributed by atoms with E-state index in [0.717, 1.165) is 28.3 Å². The van der Waals surface area contributed by atoms with Crippen LogP contribution in [0.15, 0.2) is 69.6 Å². The number of hydrogen-bond donors (Lipinski definition) is 4. The predicted octanol–water partition coefficient (Wildman–Crippen LogP) is 3.45. The molecule has 0 amide bonds. The first-order valence-corrected chi connectivity index (χ1v) is 13.7. The van der Waals surface area contributed by atoms with Gasteiger partial charge in [-0.1, -0.05) is 40.2 Å². The zero-order chi connectivity index (χ0) is 24.8. The molecule has 35 heavy (non-hydrogen) atoms. The third-order valence-corrected chi connectivity index (χ3v) is 8.42. The van der Waals surface area contributed by atoms with Crippen LogP contribution in [-0.4, -0.2) is 33.1 Å². The average molecular weight is 566 g/mol. The molecule has 0 saturated heterocycles. The van der Waals surface area contributed by atoms with E-state index in [1.54, 1.807) is 0 Å². The fourth-order valence-electron chi connectivity index (χ4n) is 4.52. The largest absolute Gasteiger partial charge is 0.369 e. The maximum absolute atomic E-state index is 13.5. The summed E-state index contributed by atoms with van der Waals surface area (Å²) in [5.74, 6) is 0.350. The van der Waals surface area contributed by atoms with Crippen molar-refractivity contribution in [2.75, 3.05) is 19.6 Å². The van der Waals surface area contributed by atoms with Gasteiger partial charge >= 0.3 is 0 Å². The Morgan fingerprint density at radius 3 is 2.57 bits per heavy atom. The molecule has 0 spiro atoms. The Bertz CT molecular complexity index is 1310. The molecule has 2 aliphatic heterocycles. The number of rotatable bonds is 8. The van der Waals surface area contributed by atoms with Crippen molar-refractivity contribution in [3.05, 3.63) is 87.4 Å². The molecule has 1 atom stereocenters. The van der Waals surface area contributed by atoms with E-state index in [1.807, 2.05) is 11.1 Å². The van der Waals surface area contributed by atoms with E-state index in [4.69, 9.17) is 0 Å². The molecular weight excluding hydrogens is 540 g/mol. The van der Waals surface area contributed by atoms with Crippen LogP contribution in [0.1, 0.15) is 36.8 Å². The minimum Gasteiger partial charge on any atom is -0.369 e. The number of sulfonamides is 1. The molecule has 2 heterocycles. The van der Waals surface area contributed by atoms with E-state index >= 15 is 0 Å². The van der Waals surface area contributed by atoms with Crippen LogP contribution < -0.4 is 20.8 Å². The smallest absolute Gasteiger partial charge is 0.240 e. The second-order valence-electron chi connectivity index (χ2n) is 9.07. The van der Waals surface area contributed by atoms with Gasteiger partial charge in [-0.05, 0) is 55.0 Å². The molecule has 5 rings (SSSR count). The molecule has 2 aromatic carbocycles. The van der Waals surface area contributed by atoms with E-state index < -0.39 is 32.1 Å². The number of hydrazine groups is 1. The molecule has 1 unspecified atom stereocenters. The quantitative estimate of drug-likeness (QED) is 0.367. The van der Waals surface area contributed by atoms with Crippen LogP contribution in [0, 0.1) is 11.6 Å². The van der Waals surface area contributed by atoms with Gasteiger partial charge < -0.3 is 10.6 Å². The van der Waals surface area contributed by atoms with Crippen LogP contribution in [0.25, 0.3) is 0 Å². The van der Waals surface area contributed by atoms with Crippen LogP contribution in [0.3, 0.4) is 0 Å². The highest BCUT2D eigenvalue weighted by atomic mass is 79.9. The highest BCUT2D eigenvalue weighted by Gasteiger charge is 2.40. The predicted molar refractivity (Wildman–Crippen MR) is 132 cm³/mol. The van der Waals surface area contributed by atoms with E-state index in [9.17, 15) is 17.2 Å². The van der Waals surface area contributed by atoms with Gasteiger partial charge in [0.25, 0.3) is 0 Å². The third-order valence-electron chi connectivity index (χ3n) is 6.32. The van der Waals surface area contributed by atoms with Crippen molar-refractivity contribution in [3.63, 3.8) is 0 Å². The maximum atomic E-state index is 13.5. The van der Waals surface area contributed by atoms with E-state index in [-0.39, 0.29) is 13.1 Å². The van der Waals surface area contributed by atoms with E-state index in [2.05, 4.69) is 67.9 Å². The molecule has 186 valence electrons. The Hall–Kier alpha value is -2.47. The minimum atomic E-state index is -4.06. The molecular formula is C24H26BrF2N5O2S. The van der Waals surface area contributed by atoms with Crippen molar-refractivity contribution < 1.29 is 17.2 Å². The number of hydrogen-bond acceptors (Lipinski definition) is 6. The number of benzene rings is 2. The van der Waals surface area contributed by atoms with Gasteiger partial charge in [0, 0.05) is 19.2 Å². The molecule has 0 aromatic heterocycles. The van der Waals surface area contributed by atoms with Gasteiger partial charge in [-0.15, -0.1) is 0 Å². The van der Waals surface area contributed by atoms with Gasteiger partial charge in [-0.3, -0.25) is 0 Å². The van der Waals surface area contributed by atoms with Gasteiger partial charge in [-0.2, -0.15) is 0 Å². The SMILES string of the molecule is CC1(c2ccccc2C2CC2)C=C(NCCNS(=O)(=O)c2cc(F)cc(F)c2)N2NCC(Br)=C2N1.